The van der Waals surface area contributed by atoms with Gasteiger partial charge in [-0.25, -0.2) is 0 Å². The van der Waals surface area contributed by atoms with Crippen molar-refractivity contribution in [3.05, 3.63) is 59.9 Å². The van der Waals surface area contributed by atoms with Gasteiger partial charge < -0.3 is 23.9 Å². The topological polar surface area (TPSA) is 87.0 Å². The summed E-state index contributed by atoms with van der Waals surface area (Å²) >= 11 is 0. The highest BCUT2D eigenvalue weighted by molar-refractivity contribution is 5.80. The number of carbonyl (C=O) groups is 2. The molecule has 3 aromatic rings. The normalized spacial score (nSPS) is 11.7. The number of rotatable bonds is 11. The third-order valence-corrected chi connectivity index (χ3v) is 4.96. The number of fused-ring (bicyclic) bond motifs is 1. The molecule has 7 nitrogen and oxygen atoms in total. The molecule has 1 N–H and O–H groups in total. The van der Waals surface area contributed by atoms with Crippen LogP contribution in [0.5, 0.6) is 11.5 Å². The van der Waals surface area contributed by atoms with Crippen LogP contribution >= 0.6 is 0 Å². The van der Waals surface area contributed by atoms with E-state index in [9.17, 15) is 9.59 Å². The molecule has 1 aromatic heterocycles. The summed E-state index contributed by atoms with van der Waals surface area (Å²) in [4.78, 5) is 23.3. The zero-order valence-corrected chi connectivity index (χ0v) is 18.7. The van der Waals surface area contributed by atoms with Crippen molar-refractivity contribution >= 4 is 22.8 Å². The molecule has 0 spiro atoms. The van der Waals surface area contributed by atoms with Crippen LogP contribution in [-0.2, 0) is 20.9 Å². The van der Waals surface area contributed by atoms with E-state index in [0.717, 1.165) is 28.0 Å². The lowest BCUT2D eigenvalue weighted by molar-refractivity contribution is -0.140. The minimum atomic E-state index is -0.316. The lowest BCUT2D eigenvalue weighted by Crippen LogP contribution is -2.26. The van der Waals surface area contributed by atoms with Gasteiger partial charge in [0.05, 0.1) is 19.8 Å². The van der Waals surface area contributed by atoms with E-state index in [0.29, 0.717) is 25.4 Å². The molecule has 0 bridgehead atoms. The fraction of sp³-hybridized carbons (Fsp3) is 0.360. The van der Waals surface area contributed by atoms with Gasteiger partial charge in [0.25, 0.3) is 0 Å². The Morgan fingerprint density at radius 1 is 1.00 bits per heavy atom. The van der Waals surface area contributed by atoms with Crippen molar-refractivity contribution in [3.8, 4) is 11.5 Å². The number of hydrogen-bond acceptors (Lipinski definition) is 6. The molecule has 0 fully saturated rings. The van der Waals surface area contributed by atoms with Gasteiger partial charge in [0.2, 0.25) is 5.91 Å². The van der Waals surface area contributed by atoms with Crippen LogP contribution in [0.3, 0.4) is 0 Å². The highest BCUT2D eigenvalue weighted by Crippen LogP contribution is 2.28. The second-order valence-electron chi connectivity index (χ2n) is 7.43. The SMILES string of the molecule is CCOc1ccc(COc2ccc3oc(C(C)NC(=O)CCCC(=O)OC)cc3c2)cc1. The molecular formula is C25H29NO6. The Morgan fingerprint density at radius 3 is 2.47 bits per heavy atom. The highest BCUT2D eigenvalue weighted by Gasteiger charge is 2.15. The molecule has 0 radical (unpaired) electrons. The summed E-state index contributed by atoms with van der Waals surface area (Å²) in [5.41, 5.74) is 1.77. The monoisotopic (exact) mass is 439 g/mol. The molecule has 170 valence electrons. The van der Waals surface area contributed by atoms with Gasteiger partial charge in [0.15, 0.2) is 0 Å². The fourth-order valence-electron chi connectivity index (χ4n) is 3.24. The summed E-state index contributed by atoms with van der Waals surface area (Å²) in [6.07, 6.45) is 0.923. The quantitative estimate of drug-likeness (QED) is 0.426. The zero-order valence-electron chi connectivity index (χ0n) is 18.7. The maximum atomic E-state index is 12.1. The molecule has 0 aliphatic heterocycles. The Kier molecular flexibility index (Phi) is 8.14. The molecule has 3 rings (SSSR count). The van der Waals surface area contributed by atoms with Gasteiger partial charge in [-0.15, -0.1) is 0 Å². The van der Waals surface area contributed by atoms with E-state index >= 15 is 0 Å². The molecule has 32 heavy (non-hydrogen) atoms. The maximum absolute atomic E-state index is 12.1. The number of amides is 1. The van der Waals surface area contributed by atoms with Crippen LogP contribution in [0.2, 0.25) is 0 Å². The molecule has 1 unspecified atom stereocenters. The number of hydrogen-bond donors (Lipinski definition) is 1. The van der Waals surface area contributed by atoms with Crippen molar-refractivity contribution < 1.29 is 28.2 Å². The first-order chi connectivity index (χ1) is 15.5. The molecule has 0 aliphatic carbocycles. The van der Waals surface area contributed by atoms with E-state index in [-0.39, 0.29) is 30.8 Å². The van der Waals surface area contributed by atoms with Crippen LogP contribution in [0, 0.1) is 0 Å². The maximum Gasteiger partial charge on any atom is 0.305 e. The smallest absolute Gasteiger partial charge is 0.305 e. The Balaban J connectivity index is 1.55. The summed E-state index contributed by atoms with van der Waals surface area (Å²) in [6, 6.07) is 15.1. The third kappa shape index (κ3) is 6.51. The fourth-order valence-corrected chi connectivity index (χ4v) is 3.24. The summed E-state index contributed by atoms with van der Waals surface area (Å²) in [6.45, 7) is 4.90. The van der Waals surface area contributed by atoms with Crippen LogP contribution < -0.4 is 14.8 Å². The average molecular weight is 440 g/mol. The van der Waals surface area contributed by atoms with Gasteiger partial charge in [-0.3, -0.25) is 9.59 Å². The first kappa shape index (κ1) is 23.2. The Bertz CT molecular complexity index is 1040. The number of methoxy groups -OCH3 is 1. The summed E-state index contributed by atoms with van der Waals surface area (Å²) in [5, 5.41) is 3.80. The van der Waals surface area contributed by atoms with E-state index in [2.05, 4.69) is 10.1 Å². The van der Waals surface area contributed by atoms with Crippen molar-refractivity contribution in [3.63, 3.8) is 0 Å². The standard InChI is InChI=1S/C25H29NO6/c1-4-30-20-10-8-18(9-11-20)16-31-21-12-13-22-19(14-21)15-23(32-22)17(2)26-24(27)6-5-7-25(28)29-3/h8-15,17H,4-7,16H2,1-3H3,(H,26,27). The minimum absolute atomic E-state index is 0.138. The average Bonchev–Trinajstić information content (AvgIpc) is 3.22. The van der Waals surface area contributed by atoms with E-state index < -0.39 is 0 Å². The predicted octanol–water partition coefficient (Wildman–Crippen LogP) is 4.93. The zero-order chi connectivity index (χ0) is 22.9. The summed E-state index contributed by atoms with van der Waals surface area (Å²) in [5.74, 6) is 1.78. The van der Waals surface area contributed by atoms with Crippen molar-refractivity contribution in [2.45, 2.75) is 45.8 Å². The molecule has 0 aliphatic rings. The Hall–Kier alpha value is -3.48. The van der Waals surface area contributed by atoms with Crippen LogP contribution in [-0.4, -0.2) is 25.6 Å². The molecule has 0 saturated heterocycles. The van der Waals surface area contributed by atoms with Gasteiger partial charge in [-0.2, -0.15) is 0 Å². The minimum Gasteiger partial charge on any atom is -0.494 e. The van der Waals surface area contributed by atoms with E-state index in [4.69, 9.17) is 13.9 Å². The van der Waals surface area contributed by atoms with Gasteiger partial charge in [-0.05, 0) is 62.2 Å². The summed E-state index contributed by atoms with van der Waals surface area (Å²) in [7, 11) is 1.34. The molecule has 7 heteroatoms. The summed E-state index contributed by atoms with van der Waals surface area (Å²) < 4.78 is 21.8. The van der Waals surface area contributed by atoms with Crippen LogP contribution in [0.1, 0.15) is 50.5 Å². The molecule has 1 heterocycles. The van der Waals surface area contributed by atoms with Crippen molar-refractivity contribution in [1.29, 1.82) is 0 Å². The Morgan fingerprint density at radius 2 is 1.75 bits per heavy atom. The number of esters is 1. The number of carbonyl (C=O) groups excluding carboxylic acids is 2. The van der Waals surface area contributed by atoms with Crippen molar-refractivity contribution in [2.24, 2.45) is 0 Å². The number of ether oxygens (including phenoxy) is 3. The Labute approximate surface area is 187 Å². The highest BCUT2D eigenvalue weighted by atomic mass is 16.5. The lowest BCUT2D eigenvalue weighted by atomic mass is 10.2. The predicted molar refractivity (Wildman–Crippen MR) is 121 cm³/mol. The van der Waals surface area contributed by atoms with Gasteiger partial charge in [-0.1, -0.05) is 12.1 Å². The van der Waals surface area contributed by atoms with Crippen LogP contribution in [0.4, 0.5) is 0 Å². The van der Waals surface area contributed by atoms with Gasteiger partial charge in [0, 0.05) is 18.2 Å². The second-order valence-corrected chi connectivity index (χ2v) is 7.43. The van der Waals surface area contributed by atoms with Gasteiger partial charge in [0.1, 0.15) is 29.4 Å². The largest absolute Gasteiger partial charge is 0.494 e. The van der Waals surface area contributed by atoms with Crippen LogP contribution in [0.15, 0.2) is 52.9 Å². The number of benzene rings is 2. The first-order valence-corrected chi connectivity index (χ1v) is 10.7. The van der Waals surface area contributed by atoms with E-state index in [1.54, 1.807) is 0 Å². The molecule has 0 saturated carbocycles. The lowest BCUT2D eigenvalue weighted by Gasteiger charge is -2.11. The van der Waals surface area contributed by atoms with E-state index in [1.165, 1.54) is 7.11 Å². The second kappa shape index (κ2) is 11.2. The number of furan rings is 1. The van der Waals surface area contributed by atoms with Gasteiger partial charge >= 0.3 is 5.97 Å². The van der Waals surface area contributed by atoms with E-state index in [1.807, 2.05) is 62.4 Å². The van der Waals surface area contributed by atoms with Crippen molar-refractivity contribution in [2.75, 3.05) is 13.7 Å². The third-order valence-electron chi connectivity index (χ3n) is 4.96. The molecule has 2 aromatic carbocycles. The molecule has 1 amide bonds. The van der Waals surface area contributed by atoms with Crippen LogP contribution in [0.25, 0.3) is 11.0 Å². The number of nitrogens with one attached hydrogen (secondary N) is 1. The molecule has 1 atom stereocenters. The van der Waals surface area contributed by atoms with Crippen molar-refractivity contribution in [1.82, 2.24) is 5.32 Å². The molecular weight excluding hydrogens is 410 g/mol. The first-order valence-electron chi connectivity index (χ1n) is 10.7.